The molecule has 1 N–H and O–H groups in total. The average Bonchev–Trinajstić information content (AvgIpc) is 3.00. The molecule has 4 rings (SSSR count). The Morgan fingerprint density at radius 1 is 1.08 bits per heavy atom. The SMILES string of the molecule is Cl.Cl.c1coc(-c2nc3c(c(N4CCSCC4)n2)CCNCC3)c1. The number of nitrogens with one attached hydrogen (secondary N) is 1. The van der Waals surface area contributed by atoms with Crippen LogP contribution in [0.15, 0.2) is 22.8 Å². The lowest BCUT2D eigenvalue weighted by Gasteiger charge is -2.30. The first-order valence-corrected chi connectivity index (χ1v) is 9.04. The van der Waals surface area contributed by atoms with Gasteiger partial charge in [-0.05, 0) is 25.1 Å². The predicted octanol–water partition coefficient (Wildman–Crippen LogP) is 2.82. The van der Waals surface area contributed by atoms with Crippen molar-refractivity contribution >= 4 is 42.4 Å². The fourth-order valence-electron chi connectivity index (χ4n) is 3.08. The van der Waals surface area contributed by atoms with Crippen LogP contribution >= 0.6 is 36.6 Å². The fourth-order valence-corrected chi connectivity index (χ4v) is 3.98. The Labute approximate surface area is 158 Å². The molecule has 0 radical (unpaired) electrons. The molecule has 0 aliphatic carbocycles. The van der Waals surface area contributed by atoms with Gasteiger partial charge < -0.3 is 14.6 Å². The smallest absolute Gasteiger partial charge is 0.197 e. The van der Waals surface area contributed by atoms with E-state index >= 15 is 0 Å². The number of furan rings is 1. The number of nitrogens with zero attached hydrogens (tertiary/aromatic N) is 3. The molecule has 5 nitrogen and oxygen atoms in total. The zero-order chi connectivity index (χ0) is 14.8. The second kappa shape index (κ2) is 8.94. The number of halogens is 2. The Kier molecular flexibility index (Phi) is 7.22. The summed E-state index contributed by atoms with van der Waals surface area (Å²) in [6.45, 7) is 4.13. The Morgan fingerprint density at radius 3 is 2.62 bits per heavy atom. The molecule has 1 fully saturated rings. The summed E-state index contributed by atoms with van der Waals surface area (Å²) in [6.07, 6.45) is 3.65. The van der Waals surface area contributed by atoms with Gasteiger partial charge in [0.15, 0.2) is 11.6 Å². The van der Waals surface area contributed by atoms with Crippen LogP contribution in [0, 0.1) is 0 Å². The van der Waals surface area contributed by atoms with Gasteiger partial charge in [0.05, 0.1) is 12.0 Å². The normalized spacial score (nSPS) is 17.2. The zero-order valence-corrected chi connectivity index (χ0v) is 15.8. The van der Waals surface area contributed by atoms with Gasteiger partial charge in [-0.1, -0.05) is 0 Å². The van der Waals surface area contributed by atoms with Crippen molar-refractivity contribution in [2.45, 2.75) is 12.8 Å². The topological polar surface area (TPSA) is 54.2 Å². The van der Waals surface area contributed by atoms with Gasteiger partial charge >= 0.3 is 0 Å². The number of thioether (sulfide) groups is 1. The first-order valence-electron chi connectivity index (χ1n) is 7.89. The van der Waals surface area contributed by atoms with Crippen LogP contribution in [-0.2, 0) is 12.8 Å². The van der Waals surface area contributed by atoms with Gasteiger partial charge in [0.25, 0.3) is 0 Å². The van der Waals surface area contributed by atoms with Crippen molar-refractivity contribution in [2.24, 2.45) is 0 Å². The van der Waals surface area contributed by atoms with Crippen LogP contribution in [-0.4, -0.2) is 47.7 Å². The van der Waals surface area contributed by atoms with Gasteiger partial charge in [-0.3, -0.25) is 0 Å². The van der Waals surface area contributed by atoms with Crippen molar-refractivity contribution in [2.75, 3.05) is 42.6 Å². The second-order valence-electron chi connectivity index (χ2n) is 5.62. The van der Waals surface area contributed by atoms with Gasteiger partial charge in [0.2, 0.25) is 0 Å². The standard InChI is InChI=1S/C16H20N4OS.2ClH/c1-2-14(21-9-1)15-18-13-4-6-17-5-3-12(13)16(19-15)20-7-10-22-11-8-20;;/h1-2,9,17H,3-8,10-11H2;2*1H. The quantitative estimate of drug-likeness (QED) is 0.853. The number of hydrogen-bond donors (Lipinski definition) is 1. The molecular formula is C16H22Cl2N4OS. The van der Waals surface area contributed by atoms with Crippen LogP contribution in [0.3, 0.4) is 0 Å². The largest absolute Gasteiger partial charge is 0.461 e. The van der Waals surface area contributed by atoms with Crippen LogP contribution in [0.1, 0.15) is 11.3 Å². The van der Waals surface area contributed by atoms with E-state index in [1.807, 2.05) is 23.9 Å². The van der Waals surface area contributed by atoms with E-state index in [4.69, 9.17) is 14.4 Å². The molecule has 0 atom stereocenters. The fraction of sp³-hybridized carbons (Fsp3) is 0.500. The molecule has 132 valence electrons. The van der Waals surface area contributed by atoms with Gasteiger partial charge in [0, 0.05) is 43.1 Å². The number of rotatable bonds is 2. The summed E-state index contributed by atoms with van der Waals surface area (Å²) < 4.78 is 5.52. The molecule has 0 spiro atoms. The highest BCUT2D eigenvalue weighted by molar-refractivity contribution is 7.99. The van der Waals surface area contributed by atoms with Gasteiger partial charge in [-0.15, -0.1) is 24.8 Å². The van der Waals surface area contributed by atoms with E-state index < -0.39 is 0 Å². The zero-order valence-electron chi connectivity index (χ0n) is 13.4. The van der Waals surface area contributed by atoms with Crippen molar-refractivity contribution in [1.82, 2.24) is 15.3 Å². The Hall–Kier alpha value is -0.950. The van der Waals surface area contributed by atoms with Crippen LogP contribution in [0.2, 0.25) is 0 Å². The molecule has 1 saturated heterocycles. The minimum absolute atomic E-state index is 0. The molecule has 0 unspecified atom stereocenters. The Balaban J connectivity index is 0.00000104. The van der Waals surface area contributed by atoms with Crippen LogP contribution in [0.5, 0.6) is 0 Å². The van der Waals surface area contributed by atoms with Crippen LogP contribution in [0.25, 0.3) is 11.6 Å². The molecule has 2 aromatic rings. The molecule has 2 aliphatic rings. The molecule has 0 bridgehead atoms. The number of hydrogen-bond acceptors (Lipinski definition) is 6. The van der Waals surface area contributed by atoms with E-state index in [1.165, 1.54) is 22.8 Å². The van der Waals surface area contributed by atoms with E-state index in [0.29, 0.717) is 0 Å². The highest BCUT2D eigenvalue weighted by Crippen LogP contribution is 2.28. The first-order chi connectivity index (χ1) is 10.9. The van der Waals surface area contributed by atoms with E-state index in [9.17, 15) is 0 Å². The van der Waals surface area contributed by atoms with Gasteiger partial charge in [-0.2, -0.15) is 11.8 Å². The summed E-state index contributed by atoms with van der Waals surface area (Å²) in [6, 6.07) is 3.83. The molecule has 0 saturated carbocycles. The summed E-state index contributed by atoms with van der Waals surface area (Å²) in [5.41, 5.74) is 2.51. The second-order valence-corrected chi connectivity index (χ2v) is 6.85. The summed E-state index contributed by atoms with van der Waals surface area (Å²) in [5, 5.41) is 3.46. The molecule has 0 aromatic carbocycles. The molecule has 0 amide bonds. The number of anilines is 1. The minimum atomic E-state index is 0. The summed E-state index contributed by atoms with van der Waals surface area (Å²) in [7, 11) is 0. The number of aromatic nitrogens is 2. The van der Waals surface area contributed by atoms with Crippen molar-refractivity contribution in [3.63, 3.8) is 0 Å². The molecule has 2 aliphatic heterocycles. The maximum Gasteiger partial charge on any atom is 0.197 e. The third-order valence-corrected chi connectivity index (χ3v) is 5.16. The molecule has 4 heterocycles. The molecule has 24 heavy (non-hydrogen) atoms. The maximum absolute atomic E-state index is 5.52. The molecular weight excluding hydrogens is 367 g/mol. The Morgan fingerprint density at radius 2 is 1.88 bits per heavy atom. The number of fused-ring (bicyclic) bond motifs is 1. The highest BCUT2D eigenvalue weighted by Gasteiger charge is 2.23. The molecule has 2 aromatic heterocycles. The van der Waals surface area contributed by atoms with Crippen LogP contribution in [0.4, 0.5) is 5.82 Å². The monoisotopic (exact) mass is 388 g/mol. The first kappa shape index (κ1) is 19.4. The lowest BCUT2D eigenvalue weighted by Crippen LogP contribution is -2.34. The van der Waals surface area contributed by atoms with E-state index in [2.05, 4.69) is 10.2 Å². The van der Waals surface area contributed by atoms with Crippen molar-refractivity contribution in [3.8, 4) is 11.6 Å². The average molecular weight is 389 g/mol. The predicted molar refractivity (Wildman–Crippen MR) is 104 cm³/mol. The lowest BCUT2D eigenvalue weighted by molar-refractivity contribution is 0.576. The summed E-state index contributed by atoms with van der Waals surface area (Å²) in [4.78, 5) is 12.1. The minimum Gasteiger partial charge on any atom is -0.461 e. The van der Waals surface area contributed by atoms with Crippen LogP contribution < -0.4 is 10.2 Å². The van der Waals surface area contributed by atoms with E-state index in [1.54, 1.807) is 6.26 Å². The van der Waals surface area contributed by atoms with E-state index in [0.717, 1.165) is 56.4 Å². The van der Waals surface area contributed by atoms with E-state index in [-0.39, 0.29) is 24.8 Å². The van der Waals surface area contributed by atoms with Crippen molar-refractivity contribution in [3.05, 3.63) is 29.7 Å². The van der Waals surface area contributed by atoms with Crippen molar-refractivity contribution in [1.29, 1.82) is 0 Å². The Bertz CT molecular complexity index is 648. The lowest BCUT2D eigenvalue weighted by atomic mass is 10.1. The van der Waals surface area contributed by atoms with Gasteiger partial charge in [0.1, 0.15) is 5.82 Å². The third kappa shape index (κ3) is 3.99. The summed E-state index contributed by atoms with van der Waals surface area (Å²) >= 11 is 2.02. The van der Waals surface area contributed by atoms with Crippen molar-refractivity contribution < 1.29 is 4.42 Å². The maximum atomic E-state index is 5.52. The highest BCUT2D eigenvalue weighted by atomic mass is 35.5. The third-order valence-electron chi connectivity index (χ3n) is 4.21. The molecule has 8 heteroatoms. The van der Waals surface area contributed by atoms with Gasteiger partial charge in [-0.25, -0.2) is 9.97 Å². The summed E-state index contributed by atoms with van der Waals surface area (Å²) in [5.74, 6) is 4.95.